The normalized spacial score (nSPS) is 30.8. The third-order valence-corrected chi connectivity index (χ3v) is 4.55. The van der Waals surface area contributed by atoms with Gasteiger partial charge in [-0.1, -0.05) is 6.42 Å². The predicted octanol–water partition coefficient (Wildman–Crippen LogP) is 1.93. The smallest absolute Gasteiger partial charge is 0.220 e. The Kier molecular flexibility index (Phi) is 4.84. The quantitative estimate of drug-likeness (QED) is 0.665. The summed E-state index contributed by atoms with van der Waals surface area (Å²) >= 11 is 0. The van der Waals surface area contributed by atoms with E-state index in [4.69, 9.17) is 0 Å². The average molecular weight is 238 g/mol. The summed E-state index contributed by atoms with van der Waals surface area (Å²) in [6.07, 6.45) is 8.64. The molecule has 1 amide bonds. The summed E-state index contributed by atoms with van der Waals surface area (Å²) in [4.78, 5) is 11.5. The van der Waals surface area contributed by atoms with E-state index in [1.54, 1.807) is 0 Å². The van der Waals surface area contributed by atoms with Crippen LogP contribution in [0, 0.1) is 17.8 Å². The predicted molar refractivity (Wildman–Crippen MR) is 69.7 cm³/mol. The Labute approximate surface area is 105 Å². The maximum absolute atomic E-state index is 11.5. The van der Waals surface area contributed by atoms with Crippen molar-refractivity contribution in [3.63, 3.8) is 0 Å². The largest absolute Gasteiger partial charge is 0.356 e. The third kappa shape index (κ3) is 3.70. The number of hydrogen-bond acceptors (Lipinski definition) is 2. The zero-order valence-electron chi connectivity index (χ0n) is 11.0. The van der Waals surface area contributed by atoms with Gasteiger partial charge in [0.05, 0.1) is 0 Å². The van der Waals surface area contributed by atoms with Crippen LogP contribution in [-0.4, -0.2) is 26.0 Å². The molecular formula is C14H26N2O. The van der Waals surface area contributed by atoms with Gasteiger partial charge in [-0.25, -0.2) is 0 Å². The van der Waals surface area contributed by atoms with Crippen molar-refractivity contribution in [2.24, 2.45) is 17.8 Å². The second kappa shape index (κ2) is 6.39. The fourth-order valence-electron chi connectivity index (χ4n) is 3.64. The number of amides is 1. The van der Waals surface area contributed by atoms with Crippen LogP contribution in [0.25, 0.3) is 0 Å². The van der Waals surface area contributed by atoms with Crippen LogP contribution in [0.2, 0.25) is 0 Å². The minimum atomic E-state index is 0.225. The molecule has 2 aliphatic rings. The van der Waals surface area contributed by atoms with Crippen LogP contribution >= 0.6 is 0 Å². The fraction of sp³-hybridized carbons (Fsp3) is 0.929. The van der Waals surface area contributed by atoms with Crippen LogP contribution in [0.5, 0.6) is 0 Å². The zero-order valence-corrected chi connectivity index (χ0v) is 11.0. The molecule has 98 valence electrons. The van der Waals surface area contributed by atoms with Gasteiger partial charge < -0.3 is 10.6 Å². The lowest BCUT2D eigenvalue weighted by Crippen LogP contribution is -2.27. The maximum atomic E-state index is 11.5. The Morgan fingerprint density at radius 1 is 1.24 bits per heavy atom. The monoisotopic (exact) mass is 238 g/mol. The Balaban J connectivity index is 1.52. The van der Waals surface area contributed by atoms with Crippen molar-refractivity contribution in [1.29, 1.82) is 0 Å². The molecule has 3 unspecified atom stereocenters. The summed E-state index contributed by atoms with van der Waals surface area (Å²) in [6, 6.07) is 0. The molecule has 0 aromatic heterocycles. The highest BCUT2D eigenvalue weighted by molar-refractivity contribution is 5.75. The molecule has 2 bridgehead atoms. The van der Waals surface area contributed by atoms with Gasteiger partial charge in [-0.05, 0) is 63.5 Å². The number of nitrogens with one attached hydrogen (secondary N) is 2. The van der Waals surface area contributed by atoms with Crippen molar-refractivity contribution in [2.75, 3.05) is 20.1 Å². The van der Waals surface area contributed by atoms with E-state index in [9.17, 15) is 4.79 Å². The highest BCUT2D eigenvalue weighted by Crippen LogP contribution is 2.49. The van der Waals surface area contributed by atoms with E-state index in [-0.39, 0.29) is 5.91 Å². The molecule has 2 aliphatic carbocycles. The number of hydrogen-bond donors (Lipinski definition) is 2. The average Bonchev–Trinajstić information content (AvgIpc) is 2.91. The van der Waals surface area contributed by atoms with E-state index in [2.05, 4.69) is 10.6 Å². The molecule has 0 heterocycles. The van der Waals surface area contributed by atoms with Gasteiger partial charge in [0.2, 0.25) is 5.91 Å². The third-order valence-electron chi connectivity index (χ3n) is 4.55. The lowest BCUT2D eigenvalue weighted by molar-refractivity contribution is -0.121. The highest BCUT2D eigenvalue weighted by atomic mass is 16.1. The van der Waals surface area contributed by atoms with Gasteiger partial charge in [0.25, 0.3) is 0 Å². The van der Waals surface area contributed by atoms with E-state index in [0.717, 1.165) is 37.3 Å². The lowest BCUT2D eigenvalue weighted by atomic mass is 9.86. The first-order valence-corrected chi connectivity index (χ1v) is 7.21. The van der Waals surface area contributed by atoms with Gasteiger partial charge in [-0.15, -0.1) is 0 Å². The van der Waals surface area contributed by atoms with Crippen LogP contribution in [0.1, 0.15) is 44.9 Å². The van der Waals surface area contributed by atoms with Gasteiger partial charge in [-0.2, -0.15) is 0 Å². The Hall–Kier alpha value is -0.570. The molecule has 0 aromatic rings. The van der Waals surface area contributed by atoms with Crippen molar-refractivity contribution < 1.29 is 4.79 Å². The number of carbonyl (C=O) groups is 1. The van der Waals surface area contributed by atoms with E-state index in [0.29, 0.717) is 6.42 Å². The molecular weight excluding hydrogens is 212 g/mol. The maximum Gasteiger partial charge on any atom is 0.220 e. The first-order valence-electron chi connectivity index (χ1n) is 7.21. The van der Waals surface area contributed by atoms with Crippen molar-refractivity contribution in [3.8, 4) is 0 Å². The standard InChI is InChI=1S/C14H26N2O/c1-15-7-2-3-14(17)16-8-6-13-10-11-4-5-12(13)9-11/h11-13,15H,2-10H2,1H3,(H,16,17). The molecule has 2 rings (SSSR count). The van der Waals surface area contributed by atoms with E-state index < -0.39 is 0 Å². The second-order valence-electron chi connectivity index (χ2n) is 5.78. The van der Waals surface area contributed by atoms with Crippen molar-refractivity contribution >= 4 is 5.91 Å². The van der Waals surface area contributed by atoms with Crippen LogP contribution < -0.4 is 10.6 Å². The molecule has 0 radical (unpaired) electrons. The number of rotatable bonds is 7. The first-order chi connectivity index (χ1) is 8.29. The molecule has 3 atom stereocenters. The first kappa shape index (κ1) is 12.9. The minimum absolute atomic E-state index is 0.225. The molecule has 0 aliphatic heterocycles. The van der Waals surface area contributed by atoms with E-state index >= 15 is 0 Å². The highest BCUT2D eigenvalue weighted by Gasteiger charge is 2.38. The molecule has 2 N–H and O–H groups in total. The topological polar surface area (TPSA) is 41.1 Å². The van der Waals surface area contributed by atoms with Gasteiger partial charge >= 0.3 is 0 Å². The van der Waals surface area contributed by atoms with Gasteiger partial charge in [0, 0.05) is 13.0 Å². The molecule has 0 aromatic carbocycles. The summed E-state index contributed by atoms with van der Waals surface area (Å²) in [5.74, 6) is 3.15. The molecule has 3 heteroatoms. The Bertz CT molecular complexity index is 255. The molecule has 3 nitrogen and oxygen atoms in total. The molecule has 0 spiro atoms. The van der Waals surface area contributed by atoms with E-state index in [1.165, 1.54) is 32.1 Å². The van der Waals surface area contributed by atoms with Crippen molar-refractivity contribution in [2.45, 2.75) is 44.9 Å². The number of fused-ring (bicyclic) bond motifs is 2. The van der Waals surface area contributed by atoms with Crippen LogP contribution in [-0.2, 0) is 4.79 Å². The van der Waals surface area contributed by atoms with Crippen molar-refractivity contribution in [1.82, 2.24) is 10.6 Å². The summed E-state index contributed by atoms with van der Waals surface area (Å²) in [7, 11) is 1.92. The molecule has 0 saturated heterocycles. The summed E-state index contributed by atoms with van der Waals surface area (Å²) in [5, 5.41) is 6.12. The van der Waals surface area contributed by atoms with Gasteiger partial charge in [0.1, 0.15) is 0 Å². The van der Waals surface area contributed by atoms with Crippen LogP contribution in [0.3, 0.4) is 0 Å². The summed E-state index contributed by atoms with van der Waals surface area (Å²) in [5.41, 5.74) is 0. The SMILES string of the molecule is CNCCCC(=O)NCCC1CC2CCC1C2. The molecule has 2 saturated carbocycles. The van der Waals surface area contributed by atoms with Gasteiger partial charge in [0.15, 0.2) is 0 Å². The summed E-state index contributed by atoms with van der Waals surface area (Å²) < 4.78 is 0. The Morgan fingerprint density at radius 2 is 2.12 bits per heavy atom. The van der Waals surface area contributed by atoms with Crippen LogP contribution in [0.4, 0.5) is 0 Å². The fourth-order valence-corrected chi connectivity index (χ4v) is 3.64. The number of carbonyl (C=O) groups excluding carboxylic acids is 1. The van der Waals surface area contributed by atoms with E-state index in [1.807, 2.05) is 7.05 Å². The minimum Gasteiger partial charge on any atom is -0.356 e. The Morgan fingerprint density at radius 3 is 2.76 bits per heavy atom. The summed E-state index contributed by atoms with van der Waals surface area (Å²) in [6.45, 7) is 1.83. The van der Waals surface area contributed by atoms with Crippen molar-refractivity contribution in [3.05, 3.63) is 0 Å². The molecule has 17 heavy (non-hydrogen) atoms. The second-order valence-corrected chi connectivity index (χ2v) is 5.78. The van der Waals surface area contributed by atoms with Gasteiger partial charge in [-0.3, -0.25) is 4.79 Å². The zero-order chi connectivity index (χ0) is 12.1. The van der Waals surface area contributed by atoms with Crippen LogP contribution in [0.15, 0.2) is 0 Å². The lowest BCUT2D eigenvalue weighted by Gasteiger charge is -2.21. The molecule has 2 fully saturated rings.